The molecule has 0 spiro atoms. The van der Waals surface area contributed by atoms with E-state index in [9.17, 15) is 18.4 Å². The van der Waals surface area contributed by atoms with Crippen LogP contribution in [-0.2, 0) is 19.2 Å². The van der Waals surface area contributed by atoms with Gasteiger partial charge in [-0.05, 0) is 0 Å². The van der Waals surface area contributed by atoms with Gasteiger partial charge in [-0.25, -0.2) is 13.8 Å². The summed E-state index contributed by atoms with van der Waals surface area (Å²) in [7, 11) is 3.61. The lowest BCUT2D eigenvalue weighted by Crippen LogP contribution is -2.31. The van der Waals surface area contributed by atoms with E-state index in [-0.39, 0.29) is 17.9 Å². The number of benzene rings is 1. The molecule has 0 N–H and O–H groups in total. The molecule has 6 nitrogen and oxygen atoms in total. The van der Waals surface area contributed by atoms with Crippen molar-refractivity contribution in [3.8, 4) is 5.75 Å². The van der Waals surface area contributed by atoms with Gasteiger partial charge in [-0.3, -0.25) is 14.4 Å². The molecule has 1 amide bonds. The molecule has 2 atom stereocenters. The summed E-state index contributed by atoms with van der Waals surface area (Å²) in [5, 5.41) is 0.884. The Balaban J connectivity index is 2.50. The van der Waals surface area contributed by atoms with Gasteiger partial charge < -0.3 is 9.47 Å². The first-order valence-corrected chi connectivity index (χ1v) is 6.40. The molecule has 1 aliphatic heterocycles. The smallest absolute Gasteiger partial charge is 0.319 e. The van der Waals surface area contributed by atoms with Crippen molar-refractivity contribution < 1.29 is 32.7 Å². The van der Waals surface area contributed by atoms with Gasteiger partial charge in [0.25, 0.3) is 5.91 Å². The fourth-order valence-corrected chi connectivity index (χ4v) is 2.55. The minimum Gasteiger partial charge on any atom is -0.497 e. The maximum Gasteiger partial charge on any atom is 0.319 e. The number of halogens is 2. The molecule has 8 heteroatoms. The maximum absolute atomic E-state index is 14.2. The van der Waals surface area contributed by atoms with Gasteiger partial charge in [-0.15, -0.1) is 0 Å². The van der Waals surface area contributed by atoms with Crippen LogP contribution in [0.1, 0.15) is 11.5 Å². The normalized spacial score (nSPS) is 21.1. The predicted octanol–water partition coefficient (Wildman–Crippen LogP) is 1.25. The van der Waals surface area contributed by atoms with E-state index in [0.717, 1.165) is 24.3 Å². The Hall–Kier alpha value is -2.22. The summed E-state index contributed by atoms with van der Waals surface area (Å²) in [6.07, 6.45) is 0. The van der Waals surface area contributed by atoms with E-state index in [1.807, 2.05) is 0 Å². The molecule has 1 heterocycles. The Morgan fingerprint density at radius 3 is 2.27 bits per heavy atom. The van der Waals surface area contributed by atoms with Crippen LogP contribution in [0, 0.1) is 17.6 Å². The van der Waals surface area contributed by atoms with Crippen molar-refractivity contribution in [3.63, 3.8) is 0 Å². The van der Waals surface area contributed by atoms with E-state index in [4.69, 9.17) is 9.57 Å². The number of nitrogens with zero attached hydrogens (tertiary/aromatic N) is 1. The topological polar surface area (TPSA) is 65.1 Å². The number of hydrogen-bond acceptors (Lipinski definition) is 5. The molecule has 120 valence electrons. The van der Waals surface area contributed by atoms with Crippen molar-refractivity contribution in [2.45, 2.75) is 5.92 Å². The van der Waals surface area contributed by atoms with Crippen LogP contribution in [0.25, 0.3) is 0 Å². The Labute approximate surface area is 125 Å². The van der Waals surface area contributed by atoms with Crippen molar-refractivity contribution in [2.24, 2.45) is 5.92 Å². The van der Waals surface area contributed by atoms with Crippen LogP contribution >= 0.6 is 0 Å². The van der Waals surface area contributed by atoms with Crippen LogP contribution in [-0.4, -0.2) is 44.8 Å². The van der Waals surface area contributed by atoms with Gasteiger partial charge in [-0.2, -0.15) is 0 Å². The Morgan fingerprint density at radius 1 is 1.23 bits per heavy atom. The number of carbonyl (C=O) groups is 2. The number of carbonyl (C=O) groups excluding carboxylic acids is 2. The molecule has 0 unspecified atom stereocenters. The molecule has 1 aromatic rings. The second-order valence-corrected chi connectivity index (χ2v) is 4.69. The van der Waals surface area contributed by atoms with Gasteiger partial charge >= 0.3 is 5.97 Å². The number of hydroxylamine groups is 2. The third kappa shape index (κ3) is 2.61. The van der Waals surface area contributed by atoms with E-state index in [0.29, 0.717) is 0 Å². The Kier molecular flexibility index (Phi) is 4.60. The summed E-state index contributed by atoms with van der Waals surface area (Å²) >= 11 is 0. The molecule has 1 fully saturated rings. The SMILES string of the molecule is COC(=O)[C@@H]1C(=O)N(OC)C[C@H]1c1c(F)cc(OC)cc1F. The number of methoxy groups -OCH3 is 2. The highest BCUT2D eigenvalue weighted by molar-refractivity contribution is 6.00. The molecular weight excluding hydrogens is 300 g/mol. The number of rotatable bonds is 4. The number of amides is 1. The highest BCUT2D eigenvalue weighted by Gasteiger charge is 2.49. The van der Waals surface area contributed by atoms with E-state index >= 15 is 0 Å². The highest BCUT2D eigenvalue weighted by Crippen LogP contribution is 2.38. The predicted molar refractivity (Wildman–Crippen MR) is 69.9 cm³/mol. The first-order valence-electron chi connectivity index (χ1n) is 6.40. The van der Waals surface area contributed by atoms with Crippen molar-refractivity contribution in [1.82, 2.24) is 5.06 Å². The van der Waals surface area contributed by atoms with Gasteiger partial charge in [0.2, 0.25) is 0 Å². The van der Waals surface area contributed by atoms with Crippen LogP contribution in [0.2, 0.25) is 0 Å². The lowest BCUT2D eigenvalue weighted by molar-refractivity contribution is -0.172. The monoisotopic (exact) mass is 315 g/mol. The zero-order valence-corrected chi connectivity index (χ0v) is 12.3. The summed E-state index contributed by atoms with van der Waals surface area (Å²) < 4.78 is 37.8. The highest BCUT2D eigenvalue weighted by atomic mass is 19.1. The first-order chi connectivity index (χ1) is 10.4. The molecule has 2 rings (SSSR count). The molecule has 1 aromatic carbocycles. The van der Waals surface area contributed by atoms with Crippen LogP contribution < -0.4 is 4.74 Å². The van der Waals surface area contributed by atoms with Gasteiger partial charge in [0.1, 0.15) is 23.3 Å². The lowest BCUT2D eigenvalue weighted by Gasteiger charge is -2.17. The molecule has 22 heavy (non-hydrogen) atoms. The average molecular weight is 315 g/mol. The molecule has 0 bridgehead atoms. The number of esters is 1. The first kappa shape index (κ1) is 16.2. The van der Waals surface area contributed by atoms with Gasteiger partial charge in [0.15, 0.2) is 0 Å². The van der Waals surface area contributed by atoms with E-state index < -0.39 is 35.3 Å². The summed E-state index contributed by atoms with van der Waals surface area (Å²) in [6.45, 7) is -0.157. The van der Waals surface area contributed by atoms with E-state index in [1.165, 1.54) is 14.2 Å². The second kappa shape index (κ2) is 6.27. The minimum atomic E-state index is -1.36. The number of ether oxygens (including phenoxy) is 2. The standard InChI is InChI=1S/C14H15F2NO5/c1-20-7-4-9(15)11(10(16)5-7)8-6-17(22-3)13(18)12(8)14(19)21-2/h4-5,8,12H,6H2,1-3H3/t8-,12-/m0/s1. The van der Waals surface area contributed by atoms with Crippen molar-refractivity contribution in [3.05, 3.63) is 29.3 Å². The maximum atomic E-state index is 14.2. The summed E-state index contributed by atoms with van der Waals surface area (Å²) in [5.41, 5.74) is -0.371. The zero-order chi connectivity index (χ0) is 16.4. The molecule has 1 aliphatic rings. The Bertz CT molecular complexity index is 584. The summed E-state index contributed by atoms with van der Waals surface area (Å²) in [6, 6.07) is 1.99. The summed E-state index contributed by atoms with van der Waals surface area (Å²) in [5.74, 6) is -5.78. The fraction of sp³-hybridized carbons (Fsp3) is 0.429. The van der Waals surface area contributed by atoms with E-state index in [1.54, 1.807) is 0 Å². The van der Waals surface area contributed by atoms with Crippen molar-refractivity contribution in [2.75, 3.05) is 27.9 Å². The molecule has 0 aliphatic carbocycles. The summed E-state index contributed by atoms with van der Waals surface area (Å²) in [4.78, 5) is 28.7. The van der Waals surface area contributed by atoms with Crippen LogP contribution in [0.4, 0.5) is 8.78 Å². The Morgan fingerprint density at radius 2 is 1.82 bits per heavy atom. The third-order valence-corrected chi connectivity index (χ3v) is 3.61. The van der Waals surface area contributed by atoms with E-state index in [2.05, 4.69) is 4.74 Å². The van der Waals surface area contributed by atoms with Crippen LogP contribution in [0.5, 0.6) is 5.75 Å². The zero-order valence-electron chi connectivity index (χ0n) is 12.3. The fourth-order valence-electron chi connectivity index (χ4n) is 2.55. The molecule has 1 saturated heterocycles. The molecular formula is C14H15F2NO5. The second-order valence-electron chi connectivity index (χ2n) is 4.69. The lowest BCUT2D eigenvalue weighted by atomic mass is 9.87. The average Bonchev–Trinajstić information content (AvgIpc) is 2.82. The molecule has 0 aromatic heterocycles. The molecule has 0 radical (unpaired) electrons. The van der Waals surface area contributed by atoms with Crippen LogP contribution in [0.3, 0.4) is 0 Å². The van der Waals surface area contributed by atoms with Crippen molar-refractivity contribution >= 4 is 11.9 Å². The largest absolute Gasteiger partial charge is 0.497 e. The quantitative estimate of drug-likeness (QED) is 0.618. The van der Waals surface area contributed by atoms with Gasteiger partial charge in [-0.1, -0.05) is 0 Å². The van der Waals surface area contributed by atoms with Crippen molar-refractivity contribution in [1.29, 1.82) is 0 Å². The molecule has 0 saturated carbocycles. The van der Waals surface area contributed by atoms with Crippen LogP contribution in [0.15, 0.2) is 12.1 Å². The van der Waals surface area contributed by atoms with Gasteiger partial charge in [0.05, 0.1) is 27.9 Å². The third-order valence-electron chi connectivity index (χ3n) is 3.61. The minimum absolute atomic E-state index is 0.00119. The number of hydrogen-bond donors (Lipinski definition) is 0. The van der Waals surface area contributed by atoms with Gasteiger partial charge in [0, 0.05) is 23.6 Å².